The maximum absolute atomic E-state index is 7.16. The van der Waals surface area contributed by atoms with Crippen molar-refractivity contribution in [1.29, 1.82) is 0 Å². The van der Waals surface area contributed by atoms with Crippen molar-refractivity contribution in [3.05, 3.63) is 0 Å². The van der Waals surface area contributed by atoms with Crippen LogP contribution in [0, 0.1) is 11.3 Å². The highest BCUT2D eigenvalue weighted by Gasteiger charge is 2.35. The summed E-state index contributed by atoms with van der Waals surface area (Å²) in [5.41, 5.74) is 7.51. The van der Waals surface area contributed by atoms with Crippen LogP contribution in [0.5, 0.6) is 0 Å². The Bertz CT molecular complexity index is 381. The van der Waals surface area contributed by atoms with Crippen LogP contribution in [0.3, 0.4) is 0 Å². The molecule has 0 aliphatic heterocycles. The Hall–Kier alpha value is -0.0400. The minimum atomic E-state index is -0.0164. The summed E-state index contributed by atoms with van der Waals surface area (Å²) >= 11 is 0. The Labute approximate surface area is 211 Å². The van der Waals surface area contributed by atoms with Gasteiger partial charge in [0.2, 0.25) is 0 Å². The first kappa shape index (κ1) is 33.0. The summed E-state index contributed by atoms with van der Waals surface area (Å²) in [6, 6.07) is 0. The van der Waals surface area contributed by atoms with Gasteiger partial charge in [-0.25, -0.2) is 0 Å². The van der Waals surface area contributed by atoms with E-state index in [1.165, 1.54) is 148 Å². The van der Waals surface area contributed by atoms with Gasteiger partial charge >= 0.3 is 0 Å². The minimum absolute atomic E-state index is 0.0164. The van der Waals surface area contributed by atoms with Gasteiger partial charge in [-0.05, 0) is 43.9 Å². The van der Waals surface area contributed by atoms with Gasteiger partial charge in [-0.15, -0.1) is 0 Å². The van der Waals surface area contributed by atoms with Crippen LogP contribution < -0.4 is 5.73 Å². The van der Waals surface area contributed by atoms with E-state index in [0.717, 1.165) is 0 Å². The molecule has 0 fully saturated rings. The number of nitrogens with two attached hydrogens (primary N) is 1. The third-order valence-corrected chi connectivity index (χ3v) is 8.06. The molecule has 1 nitrogen and oxygen atoms in total. The van der Waals surface area contributed by atoms with Crippen molar-refractivity contribution >= 4 is 0 Å². The molecule has 0 saturated heterocycles. The lowest BCUT2D eigenvalue weighted by atomic mass is 9.69. The molecule has 0 saturated carbocycles. The Morgan fingerprint density at radius 1 is 0.485 bits per heavy atom. The molecule has 1 heteroatoms. The van der Waals surface area contributed by atoms with Crippen molar-refractivity contribution in [3.8, 4) is 0 Å². The maximum atomic E-state index is 7.16. The average molecular weight is 466 g/mol. The number of unbranched alkanes of at least 4 members (excludes halogenated alkanes) is 16. The second-order valence-corrected chi connectivity index (χ2v) is 12.5. The summed E-state index contributed by atoms with van der Waals surface area (Å²) in [7, 11) is 0. The highest BCUT2D eigenvalue weighted by atomic mass is 14.8. The van der Waals surface area contributed by atoms with Gasteiger partial charge in [0.1, 0.15) is 0 Å². The molecule has 0 aliphatic rings. The van der Waals surface area contributed by atoms with E-state index in [4.69, 9.17) is 5.73 Å². The monoisotopic (exact) mass is 466 g/mol. The second kappa shape index (κ2) is 21.3. The molecular formula is C32H67N. The summed E-state index contributed by atoms with van der Waals surface area (Å²) in [5, 5.41) is 0. The van der Waals surface area contributed by atoms with E-state index in [1.54, 1.807) is 0 Å². The number of hydrogen-bond acceptors (Lipinski definition) is 1. The van der Waals surface area contributed by atoms with Crippen molar-refractivity contribution in [2.45, 2.75) is 195 Å². The lowest BCUT2D eigenvalue weighted by Crippen LogP contribution is -2.47. The van der Waals surface area contributed by atoms with Gasteiger partial charge in [0.15, 0.2) is 0 Å². The standard InChI is InChI=1S/C32H67N/c1-7-10-13-16-19-22-25-28-31(4,5)29-32(6,33)30(26-23-20-17-14-11-8-2)27-24-21-18-15-12-9-3/h30H,7-29,33H2,1-6H3. The van der Waals surface area contributed by atoms with E-state index in [2.05, 4.69) is 41.5 Å². The second-order valence-electron chi connectivity index (χ2n) is 12.5. The van der Waals surface area contributed by atoms with Crippen molar-refractivity contribution in [3.63, 3.8) is 0 Å². The quantitative estimate of drug-likeness (QED) is 0.133. The highest BCUT2D eigenvalue weighted by molar-refractivity contribution is 4.92. The molecule has 0 aromatic carbocycles. The van der Waals surface area contributed by atoms with Crippen LogP contribution in [0.2, 0.25) is 0 Å². The Kier molecular flexibility index (Phi) is 21.2. The molecule has 0 radical (unpaired) electrons. The van der Waals surface area contributed by atoms with E-state index in [1.807, 2.05) is 0 Å². The zero-order valence-corrected chi connectivity index (χ0v) is 24.4. The first-order valence-corrected chi connectivity index (χ1v) is 15.6. The molecule has 0 aromatic rings. The summed E-state index contributed by atoms with van der Waals surface area (Å²) in [6.45, 7) is 14.3. The van der Waals surface area contributed by atoms with Gasteiger partial charge < -0.3 is 5.73 Å². The molecule has 0 rings (SSSR count). The maximum Gasteiger partial charge on any atom is 0.0159 e. The molecular weight excluding hydrogens is 398 g/mol. The SMILES string of the molecule is CCCCCCCCCC(C)(C)CC(C)(N)C(CCCCCCCC)CCCCCCCC. The molecule has 0 bridgehead atoms. The Morgan fingerprint density at radius 2 is 0.818 bits per heavy atom. The fourth-order valence-electron chi connectivity index (χ4n) is 5.97. The van der Waals surface area contributed by atoms with Crippen molar-refractivity contribution in [1.82, 2.24) is 0 Å². The molecule has 0 aromatic heterocycles. The van der Waals surface area contributed by atoms with Crippen LogP contribution >= 0.6 is 0 Å². The first-order valence-electron chi connectivity index (χ1n) is 15.6. The average Bonchev–Trinajstić information content (AvgIpc) is 2.75. The van der Waals surface area contributed by atoms with Crippen LogP contribution in [0.4, 0.5) is 0 Å². The smallest absolute Gasteiger partial charge is 0.0159 e. The highest BCUT2D eigenvalue weighted by Crippen LogP contribution is 2.39. The molecule has 1 atom stereocenters. The molecule has 33 heavy (non-hydrogen) atoms. The van der Waals surface area contributed by atoms with Gasteiger partial charge in [-0.2, -0.15) is 0 Å². The van der Waals surface area contributed by atoms with E-state index in [-0.39, 0.29) is 5.54 Å². The molecule has 200 valence electrons. The summed E-state index contributed by atoms with van der Waals surface area (Å²) in [5.74, 6) is 0.697. The third kappa shape index (κ3) is 19.9. The van der Waals surface area contributed by atoms with E-state index < -0.39 is 0 Å². The van der Waals surface area contributed by atoms with E-state index in [9.17, 15) is 0 Å². The molecule has 0 heterocycles. The minimum Gasteiger partial charge on any atom is -0.325 e. The van der Waals surface area contributed by atoms with Gasteiger partial charge in [0, 0.05) is 5.54 Å². The molecule has 0 spiro atoms. The van der Waals surface area contributed by atoms with E-state index in [0.29, 0.717) is 11.3 Å². The normalized spacial score (nSPS) is 14.2. The van der Waals surface area contributed by atoms with Crippen LogP contribution in [0.15, 0.2) is 0 Å². The number of hydrogen-bond donors (Lipinski definition) is 1. The zero-order valence-electron chi connectivity index (χ0n) is 24.4. The summed E-state index contributed by atoms with van der Waals surface area (Å²) in [6.07, 6.45) is 31.8. The van der Waals surface area contributed by atoms with Crippen molar-refractivity contribution in [2.75, 3.05) is 0 Å². The van der Waals surface area contributed by atoms with Gasteiger partial charge in [-0.1, -0.05) is 157 Å². The Balaban J connectivity index is 4.57. The van der Waals surface area contributed by atoms with E-state index >= 15 is 0 Å². The predicted molar refractivity (Wildman–Crippen MR) is 153 cm³/mol. The molecule has 0 amide bonds. The van der Waals surface area contributed by atoms with Crippen LogP contribution in [-0.4, -0.2) is 5.54 Å². The third-order valence-electron chi connectivity index (χ3n) is 8.06. The van der Waals surface area contributed by atoms with Crippen molar-refractivity contribution in [2.24, 2.45) is 17.1 Å². The van der Waals surface area contributed by atoms with Gasteiger partial charge in [-0.3, -0.25) is 0 Å². The summed E-state index contributed by atoms with van der Waals surface area (Å²) in [4.78, 5) is 0. The predicted octanol–water partition coefficient (Wildman–Crippen LogP) is 11.4. The topological polar surface area (TPSA) is 26.0 Å². The molecule has 0 aliphatic carbocycles. The summed E-state index contributed by atoms with van der Waals surface area (Å²) < 4.78 is 0. The zero-order chi connectivity index (χ0) is 24.8. The van der Waals surface area contributed by atoms with Crippen LogP contribution in [0.1, 0.15) is 189 Å². The largest absolute Gasteiger partial charge is 0.325 e. The lowest BCUT2D eigenvalue weighted by molar-refractivity contribution is 0.152. The lowest BCUT2D eigenvalue weighted by Gasteiger charge is -2.41. The van der Waals surface area contributed by atoms with Crippen LogP contribution in [0.25, 0.3) is 0 Å². The Morgan fingerprint density at radius 3 is 1.21 bits per heavy atom. The van der Waals surface area contributed by atoms with Crippen LogP contribution in [-0.2, 0) is 0 Å². The molecule has 2 N–H and O–H groups in total. The molecule has 1 unspecified atom stereocenters. The fourth-order valence-corrected chi connectivity index (χ4v) is 5.97. The van der Waals surface area contributed by atoms with Gasteiger partial charge in [0.05, 0.1) is 0 Å². The van der Waals surface area contributed by atoms with Gasteiger partial charge in [0.25, 0.3) is 0 Å². The van der Waals surface area contributed by atoms with Crippen molar-refractivity contribution < 1.29 is 0 Å². The first-order chi connectivity index (χ1) is 15.8. The fraction of sp³-hybridized carbons (Fsp3) is 1.00. The number of rotatable bonds is 25.